The van der Waals surface area contributed by atoms with Gasteiger partial charge in [-0.2, -0.15) is 0 Å². The first kappa shape index (κ1) is 21.6. The molecule has 1 aliphatic carbocycles. The molecule has 33 heavy (non-hydrogen) atoms. The standard InChI is InChI=1S/C25H23ClFN3O3/c26-16-3-10-22-21(13-16)20-11-12-30(25(31)33-19-8-4-17(27)5-9-19)24(23(20)29-22)15-1-6-18(7-2-15)32-14-28/h1-2,4-10,13,16,24,29H,3,11-12,14,28H2. The zero-order valence-electron chi connectivity index (χ0n) is 17.8. The molecule has 170 valence electrons. The second-order valence-electron chi connectivity index (χ2n) is 8.01. The molecule has 3 N–H and O–H groups in total. The number of benzene rings is 2. The van der Waals surface area contributed by atoms with E-state index in [1.807, 2.05) is 24.3 Å². The highest BCUT2D eigenvalue weighted by Gasteiger charge is 2.35. The predicted octanol–water partition coefficient (Wildman–Crippen LogP) is 3.17. The molecule has 6 nitrogen and oxygen atoms in total. The molecule has 5 rings (SSSR count). The molecule has 1 aliphatic heterocycles. The minimum Gasteiger partial charge on any atom is -0.479 e. The Kier molecular flexibility index (Phi) is 5.83. The Balaban J connectivity index is 1.55. The third-order valence-corrected chi connectivity index (χ3v) is 6.30. The molecule has 0 radical (unpaired) electrons. The maximum absolute atomic E-state index is 13.3. The molecule has 2 aliphatic rings. The minimum atomic E-state index is -0.504. The number of carbonyl (C=O) groups excluding carboxylic acids is 1. The molecule has 1 amide bonds. The zero-order valence-corrected chi connectivity index (χ0v) is 18.5. The van der Waals surface area contributed by atoms with Gasteiger partial charge in [0.2, 0.25) is 0 Å². The second-order valence-corrected chi connectivity index (χ2v) is 8.58. The fourth-order valence-electron chi connectivity index (χ4n) is 4.49. The summed E-state index contributed by atoms with van der Waals surface area (Å²) < 4.78 is 24.2. The van der Waals surface area contributed by atoms with Gasteiger partial charge in [0.15, 0.2) is 0 Å². The number of amides is 1. The Morgan fingerprint density at radius 2 is 1.88 bits per heavy atom. The number of H-pyrrole nitrogens is 1. The van der Waals surface area contributed by atoms with E-state index in [9.17, 15) is 9.18 Å². The molecule has 0 fully saturated rings. The van der Waals surface area contributed by atoms with Gasteiger partial charge in [0.25, 0.3) is 0 Å². The Labute approximate surface area is 195 Å². The number of nitrogens with one attached hydrogen (secondary N) is 1. The van der Waals surface area contributed by atoms with E-state index in [4.69, 9.17) is 26.8 Å². The Morgan fingerprint density at radius 3 is 2.61 bits per heavy atom. The summed E-state index contributed by atoms with van der Waals surface area (Å²) in [5, 5.41) is 2.08. The summed E-state index contributed by atoms with van der Waals surface area (Å²) in [5.41, 5.74) is 8.47. The zero-order chi connectivity index (χ0) is 22.9. The summed E-state index contributed by atoms with van der Waals surface area (Å²) in [6.45, 7) is 0.543. The average Bonchev–Trinajstić information content (AvgIpc) is 3.18. The SMILES string of the molecule is NCOc1ccc(C2c3[nH]c4c(c3CCN2C(=O)Oc2ccc(F)cc2)=CC(Cl)CC=4)cc1. The van der Waals surface area contributed by atoms with Gasteiger partial charge >= 0.3 is 6.09 Å². The molecule has 0 spiro atoms. The highest BCUT2D eigenvalue weighted by atomic mass is 35.5. The molecular weight excluding hydrogens is 445 g/mol. The van der Waals surface area contributed by atoms with Crippen molar-refractivity contribution in [2.24, 2.45) is 5.73 Å². The van der Waals surface area contributed by atoms with E-state index < -0.39 is 18.0 Å². The predicted molar refractivity (Wildman–Crippen MR) is 124 cm³/mol. The number of rotatable bonds is 4. The molecular formula is C25H23ClFN3O3. The third-order valence-electron chi connectivity index (χ3n) is 5.99. The lowest BCUT2D eigenvalue weighted by Crippen LogP contribution is -2.43. The monoisotopic (exact) mass is 467 g/mol. The first-order valence-corrected chi connectivity index (χ1v) is 11.2. The van der Waals surface area contributed by atoms with Crippen molar-refractivity contribution in [2.75, 3.05) is 13.3 Å². The second kappa shape index (κ2) is 8.92. The lowest BCUT2D eigenvalue weighted by Gasteiger charge is -2.35. The first-order valence-electron chi connectivity index (χ1n) is 10.8. The van der Waals surface area contributed by atoms with Gasteiger partial charge < -0.3 is 14.5 Å². The molecule has 1 aromatic heterocycles. The van der Waals surface area contributed by atoms with E-state index in [1.54, 1.807) is 4.90 Å². The molecule has 2 heterocycles. The van der Waals surface area contributed by atoms with Crippen LogP contribution < -0.4 is 25.8 Å². The van der Waals surface area contributed by atoms with Crippen LogP contribution in [0.1, 0.15) is 29.3 Å². The molecule has 2 unspecified atom stereocenters. The number of carbonyl (C=O) groups is 1. The molecule has 0 saturated heterocycles. The van der Waals surface area contributed by atoms with E-state index in [0.717, 1.165) is 33.8 Å². The van der Waals surface area contributed by atoms with Crippen molar-refractivity contribution in [3.05, 3.63) is 81.7 Å². The molecule has 3 aromatic rings. The molecule has 2 aromatic carbocycles. The largest absolute Gasteiger partial charge is 0.479 e. The van der Waals surface area contributed by atoms with Crippen molar-refractivity contribution in [2.45, 2.75) is 24.3 Å². The van der Waals surface area contributed by atoms with E-state index in [2.05, 4.69) is 17.1 Å². The number of aromatic nitrogens is 1. The topological polar surface area (TPSA) is 80.6 Å². The van der Waals surface area contributed by atoms with Crippen LogP contribution in [-0.4, -0.2) is 34.6 Å². The van der Waals surface area contributed by atoms with E-state index >= 15 is 0 Å². The van der Waals surface area contributed by atoms with Crippen molar-refractivity contribution >= 4 is 29.8 Å². The van der Waals surface area contributed by atoms with Gasteiger partial charge in [-0.3, -0.25) is 10.6 Å². The summed E-state index contributed by atoms with van der Waals surface area (Å²) in [6.07, 6.45) is 5.09. The van der Waals surface area contributed by atoms with Crippen LogP contribution in [0.25, 0.3) is 12.2 Å². The lowest BCUT2D eigenvalue weighted by atomic mass is 9.92. The fraction of sp³-hybridized carbons (Fsp3) is 0.240. The minimum absolute atomic E-state index is 0.0509. The number of hydrogen-bond acceptors (Lipinski definition) is 4. The molecule has 0 bridgehead atoms. The Morgan fingerprint density at radius 1 is 1.15 bits per heavy atom. The van der Waals surface area contributed by atoms with Crippen molar-refractivity contribution < 1.29 is 18.7 Å². The van der Waals surface area contributed by atoms with Crippen LogP contribution >= 0.6 is 11.6 Å². The summed E-state index contributed by atoms with van der Waals surface area (Å²) >= 11 is 6.39. The van der Waals surface area contributed by atoms with Crippen LogP contribution in [0.15, 0.2) is 48.5 Å². The van der Waals surface area contributed by atoms with E-state index in [0.29, 0.717) is 18.7 Å². The van der Waals surface area contributed by atoms with Crippen LogP contribution in [0.3, 0.4) is 0 Å². The van der Waals surface area contributed by atoms with Crippen LogP contribution in [0.4, 0.5) is 9.18 Å². The number of halogens is 2. The maximum atomic E-state index is 13.3. The van der Waals surface area contributed by atoms with Crippen LogP contribution in [0.5, 0.6) is 11.5 Å². The average molecular weight is 468 g/mol. The molecule has 2 atom stereocenters. The van der Waals surface area contributed by atoms with Gasteiger partial charge in [-0.15, -0.1) is 11.6 Å². The summed E-state index contributed by atoms with van der Waals surface area (Å²) in [7, 11) is 0. The highest BCUT2D eigenvalue weighted by molar-refractivity contribution is 6.24. The van der Waals surface area contributed by atoms with Crippen molar-refractivity contribution in [1.82, 2.24) is 9.88 Å². The Bertz CT molecular complexity index is 1290. The summed E-state index contributed by atoms with van der Waals surface area (Å²) in [6, 6.07) is 12.5. The van der Waals surface area contributed by atoms with Crippen molar-refractivity contribution in [3.63, 3.8) is 0 Å². The number of alkyl halides is 1. The quantitative estimate of drug-likeness (QED) is 0.456. The van der Waals surface area contributed by atoms with Gasteiger partial charge in [0, 0.05) is 22.8 Å². The Hall–Kier alpha value is -3.29. The lowest BCUT2D eigenvalue weighted by molar-refractivity contribution is 0.135. The van der Waals surface area contributed by atoms with Gasteiger partial charge in [-0.05, 0) is 60.4 Å². The smallest absolute Gasteiger partial charge is 0.416 e. The maximum Gasteiger partial charge on any atom is 0.416 e. The van der Waals surface area contributed by atoms with Gasteiger partial charge in [0.1, 0.15) is 30.1 Å². The summed E-state index contributed by atoms with van der Waals surface area (Å²) in [5.74, 6) is 0.544. The summed E-state index contributed by atoms with van der Waals surface area (Å²) in [4.78, 5) is 18.4. The van der Waals surface area contributed by atoms with Gasteiger partial charge in [-0.1, -0.05) is 24.3 Å². The fourth-order valence-corrected chi connectivity index (χ4v) is 4.71. The normalized spacial score (nSPS) is 19.1. The number of nitrogens with two attached hydrogens (primary N) is 1. The van der Waals surface area contributed by atoms with Crippen molar-refractivity contribution in [3.8, 4) is 11.5 Å². The first-order chi connectivity index (χ1) is 16.0. The van der Waals surface area contributed by atoms with Crippen molar-refractivity contribution in [1.29, 1.82) is 0 Å². The molecule has 0 saturated carbocycles. The number of aromatic amines is 1. The van der Waals surface area contributed by atoms with Crippen LogP contribution in [0.2, 0.25) is 0 Å². The number of ether oxygens (including phenoxy) is 2. The van der Waals surface area contributed by atoms with Crippen LogP contribution in [0, 0.1) is 5.82 Å². The number of hydrogen-bond donors (Lipinski definition) is 2. The third kappa shape index (κ3) is 4.21. The van der Waals surface area contributed by atoms with Gasteiger partial charge in [-0.25, -0.2) is 9.18 Å². The van der Waals surface area contributed by atoms with Gasteiger partial charge in [0.05, 0.1) is 5.38 Å². The molecule has 8 heteroatoms. The highest BCUT2D eigenvalue weighted by Crippen LogP contribution is 2.34. The number of fused-ring (bicyclic) bond motifs is 3. The number of nitrogens with zero attached hydrogens (tertiary/aromatic N) is 1. The van der Waals surface area contributed by atoms with Crippen LogP contribution in [-0.2, 0) is 6.42 Å². The van der Waals surface area contributed by atoms with E-state index in [1.165, 1.54) is 24.3 Å². The van der Waals surface area contributed by atoms with E-state index in [-0.39, 0.29) is 17.9 Å².